The SMILES string of the molecule is C=CC(=O)C[C@H]1CN(c2cn[nH]c2)C[C@H]1Nc1cc2c(NCC3CCCO3)nc(-c3c(Cl)c(OC)cc(OC)c3Cl)cc2cn1. The molecule has 2 saturated heterocycles. The number of ketones is 1. The third kappa shape index (κ3) is 6.51. The number of hydrogen-bond acceptors (Lipinski definition) is 10. The number of allylic oxidation sites excluding steroid dienone is 1. The van der Waals surface area contributed by atoms with Gasteiger partial charge in [0.1, 0.15) is 23.1 Å². The smallest absolute Gasteiger partial charge is 0.155 e. The second kappa shape index (κ2) is 13.5. The lowest BCUT2D eigenvalue weighted by molar-refractivity contribution is -0.115. The van der Waals surface area contributed by atoms with Crippen molar-refractivity contribution in [3.05, 3.63) is 59.5 Å². The van der Waals surface area contributed by atoms with Gasteiger partial charge in [0.15, 0.2) is 5.78 Å². The number of methoxy groups -OCH3 is 2. The summed E-state index contributed by atoms with van der Waals surface area (Å²) in [7, 11) is 3.08. The first-order valence-electron chi connectivity index (χ1n) is 14.8. The monoisotopic (exact) mass is 651 g/mol. The lowest BCUT2D eigenvalue weighted by Gasteiger charge is -2.21. The molecule has 5 heterocycles. The van der Waals surface area contributed by atoms with E-state index in [1.807, 2.05) is 18.3 Å². The Labute approximate surface area is 271 Å². The first-order valence-corrected chi connectivity index (χ1v) is 15.6. The topological polar surface area (TPSA) is 127 Å². The number of H-pyrrole nitrogens is 1. The Balaban J connectivity index is 1.37. The Morgan fingerprint density at radius 3 is 2.64 bits per heavy atom. The molecule has 3 N–H and O–H groups in total. The van der Waals surface area contributed by atoms with E-state index in [9.17, 15) is 4.79 Å². The van der Waals surface area contributed by atoms with Crippen LogP contribution in [0.4, 0.5) is 17.3 Å². The number of carbonyl (C=O) groups is 1. The van der Waals surface area contributed by atoms with Gasteiger partial charge in [0.2, 0.25) is 0 Å². The van der Waals surface area contributed by atoms with Crippen molar-refractivity contribution in [3.63, 3.8) is 0 Å². The Bertz CT molecular complexity index is 1670. The normalized spacial score (nSPS) is 19.6. The van der Waals surface area contributed by atoms with Crippen molar-refractivity contribution < 1.29 is 19.0 Å². The average molecular weight is 653 g/mol. The van der Waals surface area contributed by atoms with Crippen LogP contribution < -0.4 is 25.0 Å². The van der Waals surface area contributed by atoms with Gasteiger partial charge in [-0.2, -0.15) is 5.10 Å². The maximum Gasteiger partial charge on any atom is 0.155 e. The fourth-order valence-electron chi connectivity index (χ4n) is 6.02. The number of pyridine rings is 2. The first-order chi connectivity index (χ1) is 21.9. The van der Waals surface area contributed by atoms with Gasteiger partial charge in [0.05, 0.1) is 47.9 Å². The number of fused-ring (bicyclic) bond motifs is 1. The summed E-state index contributed by atoms with van der Waals surface area (Å²) < 4.78 is 16.9. The predicted octanol–water partition coefficient (Wildman–Crippen LogP) is 6.00. The van der Waals surface area contributed by atoms with Crippen LogP contribution >= 0.6 is 23.2 Å². The molecule has 2 fully saturated rings. The third-order valence-corrected chi connectivity index (χ3v) is 9.13. The predicted molar refractivity (Wildman–Crippen MR) is 177 cm³/mol. The summed E-state index contributed by atoms with van der Waals surface area (Å²) in [4.78, 5) is 24.4. The number of benzene rings is 1. The molecule has 0 saturated carbocycles. The van der Waals surface area contributed by atoms with Gasteiger partial charge in [0.25, 0.3) is 0 Å². The number of carbonyl (C=O) groups excluding carboxylic acids is 1. The minimum atomic E-state index is -0.0360. The van der Waals surface area contributed by atoms with Crippen molar-refractivity contribution >= 4 is 57.1 Å². The number of aromatic nitrogens is 4. The Hall–Kier alpha value is -4.06. The molecule has 45 heavy (non-hydrogen) atoms. The van der Waals surface area contributed by atoms with Crippen LogP contribution in [0.25, 0.3) is 22.0 Å². The van der Waals surface area contributed by atoms with Crippen molar-refractivity contribution in [3.8, 4) is 22.8 Å². The molecule has 1 aromatic carbocycles. The zero-order valence-corrected chi connectivity index (χ0v) is 26.6. The van der Waals surface area contributed by atoms with Crippen molar-refractivity contribution in [2.75, 3.05) is 56.0 Å². The lowest BCUT2D eigenvalue weighted by Crippen LogP contribution is -2.30. The molecule has 3 aromatic heterocycles. The van der Waals surface area contributed by atoms with E-state index in [4.69, 9.17) is 47.4 Å². The van der Waals surface area contributed by atoms with Crippen LogP contribution in [0.15, 0.2) is 49.4 Å². The number of rotatable bonds is 12. The maximum absolute atomic E-state index is 12.4. The van der Waals surface area contributed by atoms with E-state index in [-0.39, 0.29) is 23.8 Å². The van der Waals surface area contributed by atoms with E-state index < -0.39 is 0 Å². The molecular weight excluding hydrogens is 617 g/mol. The van der Waals surface area contributed by atoms with Gasteiger partial charge in [0, 0.05) is 79.4 Å². The molecule has 3 atom stereocenters. The van der Waals surface area contributed by atoms with E-state index in [1.165, 1.54) is 20.3 Å². The van der Waals surface area contributed by atoms with Gasteiger partial charge in [-0.25, -0.2) is 9.97 Å². The minimum Gasteiger partial charge on any atom is -0.495 e. The highest BCUT2D eigenvalue weighted by Gasteiger charge is 2.34. The number of nitrogens with one attached hydrogen (secondary N) is 3. The Kier molecular flexibility index (Phi) is 9.29. The van der Waals surface area contributed by atoms with Gasteiger partial charge in [-0.15, -0.1) is 0 Å². The summed E-state index contributed by atoms with van der Waals surface area (Å²) in [5.41, 5.74) is 2.02. The van der Waals surface area contributed by atoms with E-state index in [0.29, 0.717) is 70.5 Å². The number of aromatic amines is 1. The van der Waals surface area contributed by atoms with Crippen LogP contribution in [0.2, 0.25) is 10.0 Å². The Morgan fingerprint density at radius 1 is 1.18 bits per heavy atom. The maximum atomic E-state index is 12.4. The van der Waals surface area contributed by atoms with Crippen molar-refractivity contribution in [2.45, 2.75) is 31.4 Å². The molecule has 2 aliphatic heterocycles. The summed E-state index contributed by atoms with van der Waals surface area (Å²) in [6.07, 6.45) is 9.30. The standard InChI is InChI=1S/C32H35Cl2N7O4/c1-4-21(42)8-19-16-41(20-13-37-38-14-20)17-25(19)39-28-10-23-18(12-35-28)9-24(40-32(23)36-15-22-6-5-7-45-22)29-30(33)26(43-2)11-27(44-3)31(29)34/h4,9-14,19,22,25H,1,5-8,15-17H2,2-3H3,(H,35,39)(H,36,40)(H,37,38)/t19-,22?,25+/m0/s1. The molecule has 0 bridgehead atoms. The van der Waals surface area contributed by atoms with Crippen LogP contribution in [0, 0.1) is 5.92 Å². The highest BCUT2D eigenvalue weighted by molar-refractivity contribution is 6.41. The minimum absolute atomic E-state index is 0.0103. The number of ether oxygens (including phenoxy) is 3. The number of hydrogen-bond donors (Lipinski definition) is 3. The molecule has 2 aliphatic rings. The summed E-state index contributed by atoms with van der Waals surface area (Å²) in [5.74, 6) is 2.22. The quantitative estimate of drug-likeness (QED) is 0.157. The van der Waals surface area contributed by atoms with Crippen LogP contribution in [-0.4, -0.2) is 78.6 Å². The second-order valence-corrected chi connectivity index (χ2v) is 11.9. The zero-order chi connectivity index (χ0) is 31.5. The van der Waals surface area contributed by atoms with Gasteiger partial charge in [-0.1, -0.05) is 29.8 Å². The fourth-order valence-corrected chi connectivity index (χ4v) is 6.71. The Morgan fingerprint density at radius 2 is 1.98 bits per heavy atom. The molecule has 4 aromatic rings. The molecule has 6 rings (SSSR count). The van der Waals surface area contributed by atoms with Gasteiger partial charge in [-0.3, -0.25) is 9.89 Å². The van der Waals surface area contributed by atoms with E-state index in [0.717, 1.165) is 35.9 Å². The molecule has 11 nitrogen and oxygen atoms in total. The highest BCUT2D eigenvalue weighted by atomic mass is 35.5. The molecule has 0 spiro atoms. The van der Waals surface area contributed by atoms with Gasteiger partial charge < -0.3 is 29.7 Å². The molecule has 0 aliphatic carbocycles. The van der Waals surface area contributed by atoms with Gasteiger partial charge >= 0.3 is 0 Å². The van der Waals surface area contributed by atoms with Crippen LogP contribution in [0.3, 0.4) is 0 Å². The molecule has 0 amide bonds. The largest absolute Gasteiger partial charge is 0.495 e. The summed E-state index contributed by atoms with van der Waals surface area (Å²) >= 11 is 13.6. The second-order valence-electron chi connectivity index (χ2n) is 11.2. The fraction of sp³-hybridized carbons (Fsp3) is 0.375. The van der Waals surface area contributed by atoms with Crippen molar-refractivity contribution in [2.24, 2.45) is 5.92 Å². The summed E-state index contributed by atoms with van der Waals surface area (Å²) in [6.45, 7) is 6.39. The van der Waals surface area contributed by atoms with Crippen LogP contribution in [0.1, 0.15) is 19.3 Å². The van der Waals surface area contributed by atoms with Crippen LogP contribution in [-0.2, 0) is 9.53 Å². The zero-order valence-electron chi connectivity index (χ0n) is 25.1. The lowest BCUT2D eigenvalue weighted by atomic mass is 9.97. The summed E-state index contributed by atoms with van der Waals surface area (Å²) in [6, 6.07) is 5.49. The van der Waals surface area contributed by atoms with E-state index in [1.54, 1.807) is 18.5 Å². The van der Waals surface area contributed by atoms with Crippen molar-refractivity contribution in [1.29, 1.82) is 0 Å². The summed E-state index contributed by atoms with van der Waals surface area (Å²) in [5, 5.41) is 16.4. The first kappa shape index (κ1) is 30.9. The molecular formula is C32H35Cl2N7O4. The van der Waals surface area contributed by atoms with Gasteiger partial charge in [-0.05, 0) is 31.1 Å². The molecule has 13 heteroatoms. The highest BCUT2D eigenvalue weighted by Crippen LogP contribution is 2.46. The molecule has 236 valence electrons. The van der Waals surface area contributed by atoms with E-state index >= 15 is 0 Å². The van der Waals surface area contributed by atoms with E-state index in [2.05, 4.69) is 32.3 Å². The average Bonchev–Trinajstić information content (AvgIpc) is 3.84. The number of halogens is 2. The third-order valence-electron chi connectivity index (χ3n) is 8.38. The number of anilines is 3. The number of nitrogens with zero attached hydrogens (tertiary/aromatic N) is 4. The molecule has 1 unspecified atom stereocenters. The molecule has 0 radical (unpaired) electrons. The van der Waals surface area contributed by atoms with Crippen LogP contribution in [0.5, 0.6) is 11.5 Å². The van der Waals surface area contributed by atoms with Crippen molar-refractivity contribution in [1.82, 2.24) is 20.2 Å².